The molecule has 0 atom stereocenters. The minimum atomic E-state index is 0.236. The number of hydrogen-bond acceptors (Lipinski definition) is 2. The molecule has 1 fully saturated rings. The molecule has 0 aromatic carbocycles. The lowest BCUT2D eigenvalue weighted by molar-refractivity contribution is 0.318. The monoisotopic (exact) mass is 194 g/mol. The Labute approximate surface area is 87.7 Å². The fourth-order valence-electron chi connectivity index (χ4n) is 1.90. The Kier molecular flexibility index (Phi) is 3.55. The van der Waals surface area contributed by atoms with Crippen molar-refractivity contribution in [3.05, 3.63) is 0 Å². The summed E-state index contributed by atoms with van der Waals surface area (Å²) in [5.41, 5.74) is 0.569. The zero-order valence-electron chi connectivity index (χ0n) is 9.69. The average molecular weight is 194 g/mol. The molecule has 1 N–H and O–H groups in total. The van der Waals surface area contributed by atoms with Crippen molar-refractivity contribution in [3.8, 4) is 6.07 Å². The average Bonchev–Trinajstić information content (AvgIpc) is 2.83. The number of nitriles is 1. The van der Waals surface area contributed by atoms with Gasteiger partial charge < -0.3 is 5.32 Å². The van der Waals surface area contributed by atoms with E-state index in [1.165, 1.54) is 25.7 Å². The van der Waals surface area contributed by atoms with E-state index in [1.54, 1.807) is 0 Å². The van der Waals surface area contributed by atoms with Crippen LogP contribution in [0, 0.1) is 16.7 Å². The minimum absolute atomic E-state index is 0.236. The predicted molar refractivity (Wildman–Crippen MR) is 58.9 cm³/mol. The van der Waals surface area contributed by atoms with Crippen LogP contribution in [0.3, 0.4) is 0 Å². The first kappa shape index (κ1) is 11.5. The summed E-state index contributed by atoms with van der Waals surface area (Å²) in [4.78, 5) is 0. The second kappa shape index (κ2) is 4.31. The zero-order valence-corrected chi connectivity index (χ0v) is 9.69. The summed E-state index contributed by atoms with van der Waals surface area (Å²) in [6, 6.07) is 2.30. The predicted octanol–water partition coefficient (Wildman–Crippen LogP) is 2.85. The number of hydrogen-bond donors (Lipinski definition) is 1. The third-order valence-electron chi connectivity index (χ3n) is 3.23. The van der Waals surface area contributed by atoms with Crippen LogP contribution in [0.5, 0.6) is 0 Å². The first-order valence-corrected chi connectivity index (χ1v) is 5.66. The SMILES string of the molecule is CCCC(C)(C)NCC1(CC#N)CC1. The van der Waals surface area contributed by atoms with Crippen LogP contribution in [-0.2, 0) is 0 Å². The van der Waals surface area contributed by atoms with Crippen molar-refractivity contribution in [3.63, 3.8) is 0 Å². The van der Waals surface area contributed by atoms with Crippen molar-refractivity contribution in [1.29, 1.82) is 5.26 Å². The highest BCUT2D eigenvalue weighted by atomic mass is 15.0. The molecule has 1 aliphatic carbocycles. The maximum atomic E-state index is 8.70. The molecule has 0 aliphatic heterocycles. The van der Waals surface area contributed by atoms with Crippen LogP contribution in [0.4, 0.5) is 0 Å². The molecule has 0 spiro atoms. The summed E-state index contributed by atoms with van der Waals surface area (Å²) in [6.07, 6.45) is 5.61. The molecule has 2 nitrogen and oxygen atoms in total. The quantitative estimate of drug-likeness (QED) is 0.705. The smallest absolute Gasteiger partial charge is 0.0628 e. The van der Waals surface area contributed by atoms with Gasteiger partial charge in [0.2, 0.25) is 0 Å². The van der Waals surface area contributed by atoms with Crippen LogP contribution >= 0.6 is 0 Å². The van der Waals surface area contributed by atoms with Crippen LogP contribution in [-0.4, -0.2) is 12.1 Å². The molecule has 2 heteroatoms. The number of rotatable bonds is 6. The summed E-state index contributed by atoms with van der Waals surface area (Å²) >= 11 is 0. The van der Waals surface area contributed by atoms with Crippen molar-refractivity contribution in [1.82, 2.24) is 5.32 Å². The van der Waals surface area contributed by atoms with Gasteiger partial charge in [-0.05, 0) is 38.5 Å². The summed E-state index contributed by atoms with van der Waals surface area (Å²) in [7, 11) is 0. The minimum Gasteiger partial charge on any atom is -0.311 e. The normalized spacial score (nSPS) is 19.0. The Morgan fingerprint density at radius 1 is 1.43 bits per heavy atom. The van der Waals surface area contributed by atoms with Crippen molar-refractivity contribution < 1.29 is 0 Å². The van der Waals surface area contributed by atoms with Gasteiger partial charge in [-0.1, -0.05) is 13.3 Å². The molecule has 1 rings (SSSR count). The summed E-state index contributed by atoms with van der Waals surface area (Å²) in [6.45, 7) is 7.73. The van der Waals surface area contributed by atoms with Crippen LogP contribution in [0.1, 0.15) is 52.9 Å². The van der Waals surface area contributed by atoms with Gasteiger partial charge in [0.05, 0.1) is 6.07 Å². The Bertz CT molecular complexity index is 221. The number of nitrogens with zero attached hydrogens (tertiary/aromatic N) is 1. The molecule has 14 heavy (non-hydrogen) atoms. The summed E-state index contributed by atoms with van der Waals surface area (Å²) in [5, 5.41) is 12.3. The maximum absolute atomic E-state index is 8.70. The molecule has 80 valence electrons. The van der Waals surface area contributed by atoms with E-state index in [1.807, 2.05) is 0 Å². The van der Waals surface area contributed by atoms with Crippen molar-refractivity contribution in [2.24, 2.45) is 5.41 Å². The highest BCUT2D eigenvalue weighted by Crippen LogP contribution is 2.48. The molecule has 1 saturated carbocycles. The van der Waals surface area contributed by atoms with E-state index in [9.17, 15) is 0 Å². The van der Waals surface area contributed by atoms with Crippen molar-refractivity contribution >= 4 is 0 Å². The van der Waals surface area contributed by atoms with Gasteiger partial charge in [-0.2, -0.15) is 5.26 Å². The Hall–Kier alpha value is -0.550. The Morgan fingerprint density at radius 2 is 2.07 bits per heavy atom. The van der Waals surface area contributed by atoms with Crippen molar-refractivity contribution in [2.45, 2.75) is 58.4 Å². The van der Waals surface area contributed by atoms with Crippen LogP contribution < -0.4 is 5.32 Å². The van der Waals surface area contributed by atoms with E-state index < -0.39 is 0 Å². The van der Waals surface area contributed by atoms with E-state index in [2.05, 4.69) is 32.2 Å². The molecule has 0 bridgehead atoms. The standard InChI is InChI=1S/C12H22N2/c1-4-5-11(2,3)14-10-12(6-7-12)8-9-13/h14H,4-8,10H2,1-3H3. The molecule has 0 aromatic heterocycles. The fraction of sp³-hybridized carbons (Fsp3) is 0.917. The molecule has 0 radical (unpaired) electrons. The van der Waals surface area contributed by atoms with Gasteiger partial charge in [-0.3, -0.25) is 0 Å². The van der Waals surface area contributed by atoms with E-state index in [-0.39, 0.29) is 5.54 Å². The second-order valence-corrected chi connectivity index (χ2v) is 5.32. The van der Waals surface area contributed by atoms with Gasteiger partial charge in [-0.25, -0.2) is 0 Å². The molecule has 1 aliphatic rings. The summed E-state index contributed by atoms with van der Waals surface area (Å²) in [5.74, 6) is 0. The zero-order chi connectivity index (χ0) is 10.7. The maximum Gasteiger partial charge on any atom is 0.0628 e. The Balaban J connectivity index is 2.29. The topological polar surface area (TPSA) is 35.8 Å². The molecule has 0 unspecified atom stereocenters. The van der Waals surface area contributed by atoms with Gasteiger partial charge in [-0.15, -0.1) is 0 Å². The molecule has 0 amide bonds. The van der Waals surface area contributed by atoms with Gasteiger partial charge >= 0.3 is 0 Å². The van der Waals surface area contributed by atoms with Gasteiger partial charge in [0.1, 0.15) is 0 Å². The van der Waals surface area contributed by atoms with Gasteiger partial charge in [0.25, 0.3) is 0 Å². The van der Waals surface area contributed by atoms with E-state index in [4.69, 9.17) is 5.26 Å². The third-order valence-corrected chi connectivity index (χ3v) is 3.23. The van der Waals surface area contributed by atoms with E-state index >= 15 is 0 Å². The highest BCUT2D eigenvalue weighted by molar-refractivity contribution is 5.01. The van der Waals surface area contributed by atoms with Gasteiger partial charge in [0, 0.05) is 18.5 Å². The van der Waals surface area contributed by atoms with Crippen LogP contribution in [0.2, 0.25) is 0 Å². The molecule has 0 heterocycles. The van der Waals surface area contributed by atoms with E-state index in [0.717, 1.165) is 13.0 Å². The summed E-state index contributed by atoms with van der Waals surface area (Å²) < 4.78 is 0. The largest absolute Gasteiger partial charge is 0.311 e. The molecular formula is C12H22N2. The van der Waals surface area contributed by atoms with E-state index in [0.29, 0.717) is 5.41 Å². The lowest BCUT2D eigenvalue weighted by atomic mass is 9.96. The molecular weight excluding hydrogens is 172 g/mol. The number of nitrogens with one attached hydrogen (secondary N) is 1. The first-order chi connectivity index (χ1) is 6.54. The lowest BCUT2D eigenvalue weighted by Crippen LogP contribution is -2.42. The first-order valence-electron chi connectivity index (χ1n) is 5.66. The molecule has 0 saturated heterocycles. The lowest BCUT2D eigenvalue weighted by Gasteiger charge is -2.28. The third kappa shape index (κ3) is 3.31. The molecule has 0 aromatic rings. The fourth-order valence-corrected chi connectivity index (χ4v) is 1.90. The van der Waals surface area contributed by atoms with Crippen LogP contribution in [0.15, 0.2) is 0 Å². The van der Waals surface area contributed by atoms with Crippen molar-refractivity contribution in [2.75, 3.05) is 6.54 Å². The highest BCUT2D eigenvalue weighted by Gasteiger charge is 2.42. The second-order valence-electron chi connectivity index (χ2n) is 5.32. The van der Waals surface area contributed by atoms with Crippen LogP contribution in [0.25, 0.3) is 0 Å². The van der Waals surface area contributed by atoms with Gasteiger partial charge in [0.15, 0.2) is 0 Å². The Morgan fingerprint density at radius 3 is 2.50 bits per heavy atom.